The first kappa shape index (κ1) is 35.0. The van der Waals surface area contributed by atoms with Gasteiger partial charge < -0.3 is 34.6 Å². The van der Waals surface area contributed by atoms with Crippen molar-refractivity contribution in [3.63, 3.8) is 0 Å². The molecule has 2 aliphatic heterocycles. The van der Waals surface area contributed by atoms with Crippen molar-refractivity contribution in [2.24, 2.45) is 17.8 Å². The van der Waals surface area contributed by atoms with Crippen molar-refractivity contribution in [2.75, 3.05) is 6.61 Å². The third-order valence-electron chi connectivity index (χ3n) is 9.54. The normalized spacial score (nSPS) is 22.3. The maximum Gasteiger partial charge on any atom is 0.378 e. The molecule has 1 aromatic rings. The number of aliphatic hydroxyl groups excluding tert-OH is 3. The van der Waals surface area contributed by atoms with E-state index in [4.69, 9.17) is 14.2 Å². The average molecular weight is 605 g/mol. The van der Waals surface area contributed by atoms with Crippen LogP contribution in [-0.2, 0) is 27.3 Å². The summed E-state index contributed by atoms with van der Waals surface area (Å²) in [4.78, 5) is 11.9. The molecule has 2 heterocycles. The molecule has 0 saturated heterocycles. The summed E-state index contributed by atoms with van der Waals surface area (Å²) in [5.74, 6) is 1.11. The Labute approximate surface area is 258 Å². The summed E-state index contributed by atoms with van der Waals surface area (Å²) in [6.45, 7) is 14.5. The number of fused-ring (bicyclic) bond motifs is 1. The molecular weight excluding hydrogens is 548 g/mol. The molecule has 0 aliphatic carbocycles. The quantitative estimate of drug-likeness (QED) is 0.139. The van der Waals surface area contributed by atoms with Gasteiger partial charge in [0.2, 0.25) is 5.76 Å². The second-order valence-corrected chi connectivity index (χ2v) is 13.9. The lowest BCUT2D eigenvalue weighted by molar-refractivity contribution is -0.148. The first-order valence-corrected chi connectivity index (χ1v) is 16.4. The molecule has 5 atom stereocenters. The van der Waals surface area contributed by atoms with Gasteiger partial charge in [-0.3, -0.25) is 0 Å². The van der Waals surface area contributed by atoms with Crippen LogP contribution < -0.4 is 4.74 Å². The smallest absolute Gasteiger partial charge is 0.378 e. The van der Waals surface area contributed by atoms with Crippen molar-refractivity contribution in [3.8, 4) is 11.5 Å². The molecule has 0 aromatic heterocycles. The number of benzene rings is 1. The Kier molecular flexibility index (Phi) is 12.6. The number of phenolic OH excluding ortho intramolecular Hbond substituents is 1. The Morgan fingerprint density at radius 2 is 1.56 bits per heavy atom. The summed E-state index contributed by atoms with van der Waals surface area (Å²) >= 11 is 0. The molecule has 4 N–H and O–H groups in total. The van der Waals surface area contributed by atoms with E-state index in [0.717, 1.165) is 48.0 Å². The number of hydrogen-bond acceptors (Lipinski definition) is 8. The molecule has 43 heavy (non-hydrogen) atoms. The third-order valence-corrected chi connectivity index (χ3v) is 9.54. The van der Waals surface area contributed by atoms with Gasteiger partial charge in [0.05, 0.1) is 6.61 Å². The lowest BCUT2D eigenvalue weighted by Crippen LogP contribution is -2.37. The lowest BCUT2D eigenvalue weighted by Gasteiger charge is -2.38. The molecule has 1 aromatic carbocycles. The van der Waals surface area contributed by atoms with E-state index in [1.807, 2.05) is 13.8 Å². The molecule has 0 amide bonds. The van der Waals surface area contributed by atoms with Gasteiger partial charge in [-0.15, -0.1) is 0 Å². The minimum Gasteiger partial charge on any atom is -0.507 e. The molecule has 2 aliphatic rings. The van der Waals surface area contributed by atoms with E-state index >= 15 is 0 Å². The summed E-state index contributed by atoms with van der Waals surface area (Å²) in [5, 5.41) is 40.6. The second kappa shape index (κ2) is 15.5. The molecular formula is C35H56O8. The number of carbonyl (C=O) groups is 1. The minimum absolute atomic E-state index is 0.0797. The van der Waals surface area contributed by atoms with Gasteiger partial charge in [0.1, 0.15) is 29.8 Å². The van der Waals surface area contributed by atoms with Crippen LogP contribution >= 0.6 is 0 Å². The van der Waals surface area contributed by atoms with E-state index in [2.05, 4.69) is 34.6 Å². The Morgan fingerprint density at radius 1 is 0.953 bits per heavy atom. The SMILES string of the molecule is Cc1c(C)c2c(c(COC3=C(O)C(=O)O[C@@H]3[C@@H](O)CO)c1O)CCC(C)(CCCC(C)CCCC(C)CCCC(C)C)O2. The summed E-state index contributed by atoms with van der Waals surface area (Å²) < 4.78 is 17.4. The maximum absolute atomic E-state index is 11.9. The molecule has 0 saturated carbocycles. The van der Waals surface area contributed by atoms with Gasteiger partial charge in [0.15, 0.2) is 11.9 Å². The van der Waals surface area contributed by atoms with Gasteiger partial charge in [-0.25, -0.2) is 4.79 Å². The predicted molar refractivity (Wildman–Crippen MR) is 167 cm³/mol. The van der Waals surface area contributed by atoms with E-state index in [1.165, 1.54) is 44.9 Å². The summed E-state index contributed by atoms with van der Waals surface area (Å²) in [6, 6.07) is 0. The van der Waals surface area contributed by atoms with Crippen LogP contribution in [0.2, 0.25) is 0 Å². The zero-order valence-corrected chi connectivity index (χ0v) is 27.5. The van der Waals surface area contributed by atoms with Crippen molar-refractivity contribution in [2.45, 2.75) is 144 Å². The third kappa shape index (κ3) is 9.04. The van der Waals surface area contributed by atoms with E-state index in [-0.39, 0.29) is 23.7 Å². The molecule has 8 heteroatoms. The highest BCUT2D eigenvalue weighted by Crippen LogP contribution is 2.45. The first-order valence-electron chi connectivity index (χ1n) is 16.4. The van der Waals surface area contributed by atoms with Gasteiger partial charge in [0.25, 0.3) is 0 Å². The van der Waals surface area contributed by atoms with Gasteiger partial charge in [0, 0.05) is 11.1 Å². The van der Waals surface area contributed by atoms with Crippen molar-refractivity contribution in [1.82, 2.24) is 0 Å². The summed E-state index contributed by atoms with van der Waals surface area (Å²) in [5.41, 5.74) is 2.61. The highest BCUT2D eigenvalue weighted by atomic mass is 16.6. The predicted octanol–water partition coefficient (Wildman–Crippen LogP) is 7.10. The molecule has 0 bridgehead atoms. The number of esters is 1. The lowest BCUT2D eigenvalue weighted by atomic mass is 9.83. The van der Waals surface area contributed by atoms with Crippen LogP contribution in [0.4, 0.5) is 0 Å². The van der Waals surface area contributed by atoms with Crippen molar-refractivity contribution in [1.29, 1.82) is 0 Å². The van der Waals surface area contributed by atoms with Gasteiger partial charge in [-0.1, -0.05) is 72.6 Å². The maximum atomic E-state index is 11.9. The van der Waals surface area contributed by atoms with Crippen LogP contribution in [0.3, 0.4) is 0 Å². The summed E-state index contributed by atoms with van der Waals surface area (Å²) in [6.07, 6.45) is 9.86. The molecule has 0 radical (unpaired) electrons. The molecule has 3 rings (SSSR count). The Hall–Kier alpha value is -2.45. The minimum atomic E-state index is -1.44. The largest absolute Gasteiger partial charge is 0.507 e. The monoisotopic (exact) mass is 604 g/mol. The van der Waals surface area contributed by atoms with E-state index in [1.54, 1.807) is 0 Å². The Balaban J connectivity index is 1.58. The fourth-order valence-corrected chi connectivity index (χ4v) is 6.41. The molecule has 244 valence electrons. The highest BCUT2D eigenvalue weighted by Gasteiger charge is 2.41. The van der Waals surface area contributed by atoms with Gasteiger partial charge >= 0.3 is 5.97 Å². The fourth-order valence-electron chi connectivity index (χ4n) is 6.41. The number of hydrogen-bond donors (Lipinski definition) is 4. The standard InChI is InChI=1S/C35H56O8/c1-21(2)11-8-12-22(3)13-9-14-23(4)15-10-17-35(7)18-16-26-27(29(38)24(5)25(6)31(26)43-35)20-41-33-30(39)34(40)42-32(33)28(37)19-36/h21-23,28,32,36-39H,8-20H2,1-7H3/t22?,23?,28-,32+,35?/m0/s1. The number of carbonyl (C=O) groups excluding carboxylic acids is 1. The van der Waals surface area contributed by atoms with Crippen molar-refractivity contribution < 1.29 is 39.4 Å². The number of ether oxygens (including phenoxy) is 3. The molecule has 8 nitrogen and oxygen atoms in total. The summed E-state index contributed by atoms with van der Waals surface area (Å²) in [7, 11) is 0. The number of aliphatic hydroxyl groups is 3. The van der Waals surface area contributed by atoms with Crippen molar-refractivity contribution >= 4 is 5.97 Å². The second-order valence-electron chi connectivity index (χ2n) is 13.9. The van der Waals surface area contributed by atoms with Gasteiger partial charge in [-0.05, 0) is 75.3 Å². The van der Waals surface area contributed by atoms with E-state index in [9.17, 15) is 25.2 Å². The van der Waals surface area contributed by atoms with Gasteiger partial charge in [-0.2, -0.15) is 0 Å². The average Bonchev–Trinajstić information content (AvgIpc) is 3.24. The van der Waals surface area contributed by atoms with Crippen LogP contribution in [0.25, 0.3) is 0 Å². The number of phenols is 1. The number of rotatable bonds is 17. The number of aromatic hydroxyl groups is 1. The van der Waals surface area contributed by atoms with Crippen LogP contribution in [0.1, 0.15) is 121 Å². The topological polar surface area (TPSA) is 126 Å². The highest BCUT2D eigenvalue weighted by molar-refractivity contribution is 5.89. The fraction of sp³-hybridized carbons (Fsp3) is 0.743. The zero-order chi connectivity index (χ0) is 31.9. The van der Waals surface area contributed by atoms with Crippen LogP contribution in [0, 0.1) is 31.6 Å². The van der Waals surface area contributed by atoms with E-state index < -0.39 is 30.5 Å². The zero-order valence-electron chi connectivity index (χ0n) is 27.5. The Morgan fingerprint density at radius 3 is 2.16 bits per heavy atom. The van der Waals surface area contributed by atoms with E-state index in [0.29, 0.717) is 23.5 Å². The molecule has 0 spiro atoms. The number of cyclic esters (lactones) is 1. The molecule has 0 fully saturated rings. The Bertz CT molecular complexity index is 1130. The van der Waals surface area contributed by atoms with Crippen molar-refractivity contribution in [3.05, 3.63) is 33.8 Å². The molecule has 3 unspecified atom stereocenters. The van der Waals surface area contributed by atoms with Crippen LogP contribution in [0.5, 0.6) is 11.5 Å². The first-order chi connectivity index (χ1) is 20.3. The van der Waals surface area contributed by atoms with Crippen LogP contribution in [0.15, 0.2) is 11.5 Å². The van der Waals surface area contributed by atoms with Crippen LogP contribution in [-0.4, -0.2) is 50.8 Å².